The van der Waals surface area contributed by atoms with Gasteiger partial charge < -0.3 is 5.11 Å². The standard InChI is InChI=1S/C8H12N2O3/c1-4-10-7(11)6(8(12)13)5(2)9(10)3/h4H2,1-3H3,(H,12,13). The molecule has 0 saturated carbocycles. The maximum Gasteiger partial charge on any atom is 0.343 e. The van der Waals surface area contributed by atoms with E-state index in [0.29, 0.717) is 12.2 Å². The van der Waals surface area contributed by atoms with Gasteiger partial charge in [0.1, 0.15) is 5.56 Å². The third kappa shape index (κ3) is 1.26. The van der Waals surface area contributed by atoms with Crippen LogP contribution < -0.4 is 5.56 Å². The number of aromatic carboxylic acids is 1. The van der Waals surface area contributed by atoms with E-state index >= 15 is 0 Å². The maximum absolute atomic E-state index is 11.4. The molecule has 0 saturated heterocycles. The van der Waals surface area contributed by atoms with Gasteiger partial charge in [-0.15, -0.1) is 0 Å². The lowest BCUT2D eigenvalue weighted by Crippen LogP contribution is -2.23. The number of carbonyl (C=O) groups is 1. The topological polar surface area (TPSA) is 64.2 Å². The second-order valence-electron chi connectivity index (χ2n) is 2.81. The van der Waals surface area contributed by atoms with Crippen molar-refractivity contribution in [3.05, 3.63) is 21.6 Å². The molecule has 0 fully saturated rings. The van der Waals surface area contributed by atoms with Gasteiger partial charge in [-0.1, -0.05) is 0 Å². The Morgan fingerprint density at radius 1 is 1.54 bits per heavy atom. The van der Waals surface area contributed by atoms with Crippen LogP contribution in [-0.2, 0) is 13.6 Å². The number of aromatic nitrogens is 2. The quantitative estimate of drug-likeness (QED) is 0.714. The second-order valence-corrected chi connectivity index (χ2v) is 2.81. The second kappa shape index (κ2) is 3.08. The molecule has 0 aliphatic rings. The molecule has 5 heteroatoms. The number of rotatable bonds is 2. The summed E-state index contributed by atoms with van der Waals surface area (Å²) >= 11 is 0. The van der Waals surface area contributed by atoms with E-state index in [0.717, 1.165) is 0 Å². The maximum atomic E-state index is 11.4. The molecule has 0 aliphatic carbocycles. The van der Waals surface area contributed by atoms with Crippen LogP contribution in [-0.4, -0.2) is 20.4 Å². The molecule has 1 aromatic rings. The van der Waals surface area contributed by atoms with Gasteiger partial charge in [-0.05, 0) is 13.8 Å². The minimum Gasteiger partial charge on any atom is -0.477 e. The van der Waals surface area contributed by atoms with Crippen molar-refractivity contribution in [1.82, 2.24) is 9.36 Å². The number of carboxylic acids is 1. The number of hydrogen-bond donors (Lipinski definition) is 1. The van der Waals surface area contributed by atoms with Gasteiger partial charge in [0.25, 0.3) is 5.56 Å². The highest BCUT2D eigenvalue weighted by molar-refractivity contribution is 5.88. The summed E-state index contributed by atoms with van der Waals surface area (Å²) in [5.74, 6) is -1.16. The summed E-state index contributed by atoms with van der Waals surface area (Å²) in [6, 6.07) is 0. The Bertz CT molecular complexity index is 400. The Morgan fingerprint density at radius 3 is 2.31 bits per heavy atom. The molecule has 13 heavy (non-hydrogen) atoms. The summed E-state index contributed by atoms with van der Waals surface area (Å²) < 4.78 is 2.95. The first-order chi connectivity index (χ1) is 6.00. The predicted molar refractivity (Wildman–Crippen MR) is 47.0 cm³/mol. The van der Waals surface area contributed by atoms with E-state index in [1.54, 1.807) is 25.6 Å². The Morgan fingerprint density at radius 2 is 2.08 bits per heavy atom. The lowest BCUT2D eigenvalue weighted by Gasteiger charge is -2.03. The molecule has 1 rings (SSSR count). The van der Waals surface area contributed by atoms with Crippen molar-refractivity contribution in [2.45, 2.75) is 20.4 Å². The van der Waals surface area contributed by atoms with E-state index in [1.807, 2.05) is 0 Å². The molecular formula is C8H12N2O3. The van der Waals surface area contributed by atoms with E-state index in [9.17, 15) is 9.59 Å². The molecule has 0 radical (unpaired) electrons. The highest BCUT2D eigenvalue weighted by atomic mass is 16.4. The van der Waals surface area contributed by atoms with Gasteiger partial charge in [0.2, 0.25) is 0 Å². The first-order valence-corrected chi connectivity index (χ1v) is 4.00. The van der Waals surface area contributed by atoms with Crippen LogP contribution in [0.4, 0.5) is 0 Å². The molecule has 1 N–H and O–H groups in total. The Hall–Kier alpha value is -1.52. The molecule has 0 atom stereocenters. The summed E-state index contributed by atoms with van der Waals surface area (Å²) in [4.78, 5) is 22.1. The zero-order valence-electron chi connectivity index (χ0n) is 7.87. The summed E-state index contributed by atoms with van der Waals surface area (Å²) in [5.41, 5.74) is -0.0845. The third-order valence-electron chi connectivity index (χ3n) is 2.17. The minimum atomic E-state index is -1.16. The van der Waals surface area contributed by atoms with Crippen molar-refractivity contribution in [1.29, 1.82) is 0 Å². The van der Waals surface area contributed by atoms with Crippen molar-refractivity contribution < 1.29 is 9.90 Å². The van der Waals surface area contributed by atoms with E-state index in [2.05, 4.69) is 0 Å². The van der Waals surface area contributed by atoms with E-state index in [1.165, 1.54) is 4.68 Å². The molecule has 1 heterocycles. The fraction of sp³-hybridized carbons (Fsp3) is 0.500. The highest BCUT2D eigenvalue weighted by Gasteiger charge is 2.19. The van der Waals surface area contributed by atoms with Crippen LogP contribution >= 0.6 is 0 Å². The van der Waals surface area contributed by atoms with Crippen LogP contribution in [0.3, 0.4) is 0 Å². The zero-order valence-corrected chi connectivity index (χ0v) is 7.87. The molecule has 1 aromatic heterocycles. The number of carboxylic acid groups (broad SMARTS) is 1. The highest BCUT2D eigenvalue weighted by Crippen LogP contribution is 2.02. The molecule has 0 aromatic carbocycles. The summed E-state index contributed by atoms with van der Waals surface area (Å²) in [7, 11) is 1.67. The molecule has 0 aliphatic heterocycles. The van der Waals surface area contributed by atoms with Crippen LogP contribution in [0.5, 0.6) is 0 Å². The summed E-state index contributed by atoms with van der Waals surface area (Å²) in [6.07, 6.45) is 0. The van der Waals surface area contributed by atoms with Crippen molar-refractivity contribution in [3.63, 3.8) is 0 Å². The average Bonchev–Trinajstić information content (AvgIpc) is 2.24. The van der Waals surface area contributed by atoms with Gasteiger partial charge in [0.15, 0.2) is 0 Å². The molecular weight excluding hydrogens is 172 g/mol. The lowest BCUT2D eigenvalue weighted by molar-refractivity contribution is 0.0694. The molecule has 0 amide bonds. The van der Waals surface area contributed by atoms with Crippen LogP contribution in [0, 0.1) is 6.92 Å². The van der Waals surface area contributed by atoms with Gasteiger partial charge >= 0.3 is 5.97 Å². The van der Waals surface area contributed by atoms with Crippen molar-refractivity contribution in [3.8, 4) is 0 Å². The minimum absolute atomic E-state index is 0.135. The van der Waals surface area contributed by atoms with E-state index < -0.39 is 11.5 Å². The summed E-state index contributed by atoms with van der Waals surface area (Å²) in [5, 5.41) is 8.75. The summed E-state index contributed by atoms with van der Waals surface area (Å²) in [6.45, 7) is 3.90. The van der Waals surface area contributed by atoms with Gasteiger partial charge in [-0.2, -0.15) is 0 Å². The van der Waals surface area contributed by atoms with Gasteiger partial charge in [-0.3, -0.25) is 14.2 Å². The van der Waals surface area contributed by atoms with Gasteiger partial charge in [-0.25, -0.2) is 4.79 Å². The predicted octanol–water partition coefficient (Wildman–Crippen LogP) is 0.213. The van der Waals surface area contributed by atoms with E-state index in [4.69, 9.17) is 5.11 Å². The van der Waals surface area contributed by atoms with Crippen LogP contribution in [0.15, 0.2) is 4.79 Å². The van der Waals surface area contributed by atoms with Gasteiger partial charge in [0.05, 0.1) is 5.69 Å². The first kappa shape index (κ1) is 9.57. The molecule has 0 spiro atoms. The monoisotopic (exact) mass is 184 g/mol. The molecule has 72 valence electrons. The fourth-order valence-electron chi connectivity index (χ4n) is 1.36. The van der Waals surface area contributed by atoms with Crippen LogP contribution in [0.25, 0.3) is 0 Å². The largest absolute Gasteiger partial charge is 0.477 e. The van der Waals surface area contributed by atoms with Crippen LogP contribution in [0.2, 0.25) is 0 Å². The fourth-order valence-corrected chi connectivity index (χ4v) is 1.36. The van der Waals surface area contributed by atoms with E-state index in [-0.39, 0.29) is 5.56 Å². The lowest BCUT2D eigenvalue weighted by atomic mass is 10.2. The van der Waals surface area contributed by atoms with Crippen LogP contribution in [0.1, 0.15) is 23.0 Å². The first-order valence-electron chi connectivity index (χ1n) is 4.00. The molecule has 0 bridgehead atoms. The Balaban J connectivity index is 3.55. The number of nitrogens with zero attached hydrogens (tertiary/aromatic N) is 2. The van der Waals surface area contributed by atoms with Crippen molar-refractivity contribution in [2.75, 3.05) is 0 Å². The van der Waals surface area contributed by atoms with Crippen molar-refractivity contribution >= 4 is 5.97 Å². The zero-order chi connectivity index (χ0) is 10.2. The smallest absolute Gasteiger partial charge is 0.343 e. The van der Waals surface area contributed by atoms with Gasteiger partial charge in [0, 0.05) is 13.6 Å². The Labute approximate surface area is 75.2 Å². The molecule has 0 unspecified atom stereocenters. The SMILES string of the molecule is CCn1c(=O)c(C(=O)O)c(C)n1C. The molecule has 5 nitrogen and oxygen atoms in total. The normalized spacial score (nSPS) is 10.4. The third-order valence-corrected chi connectivity index (χ3v) is 2.17. The van der Waals surface area contributed by atoms with Crippen molar-refractivity contribution in [2.24, 2.45) is 7.05 Å². The average molecular weight is 184 g/mol. The Kier molecular flexibility index (Phi) is 2.27. The number of hydrogen-bond acceptors (Lipinski definition) is 2.